The van der Waals surface area contributed by atoms with Gasteiger partial charge in [0.1, 0.15) is 41.7 Å². The topological polar surface area (TPSA) is 242 Å². The molecule has 0 aromatic rings. The number of cyclic esters (lactones) is 1. The number of carbonyl (C=O) groups is 6. The van der Waals surface area contributed by atoms with Gasteiger partial charge in [-0.25, -0.2) is 4.79 Å². The van der Waals surface area contributed by atoms with E-state index in [0.29, 0.717) is 56.9 Å². The average molecular weight is 1040 g/mol. The van der Waals surface area contributed by atoms with Crippen LogP contribution in [0.2, 0.25) is 0 Å². The summed E-state index contributed by atoms with van der Waals surface area (Å²) in [5.41, 5.74) is -0.282. The summed E-state index contributed by atoms with van der Waals surface area (Å²) in [6.07, 6.45) is 9.26. The monoisotopic (exact) mass is 1040 g/mol. The predicted molar refractivity (Wildman–Crippen MR) is 276 cm³/mol. The van der Waals surface area contributed by atoms with Crippen molar-refractivity contribution in [3.8, 4) is 0 Å². The summed E-state index contributed by atoms with van der Waals surface area (Å²) in [5.74, 6) is -9.59. The van der Waals surface area contributed by atoms with Crippen molar-refractivity contribution in [2.45, 2.75) is 187 Å². The van der Waals surface area contributed by atoms with Crippen LogP contribution in [0, 0.1) is 46.8 Å². The van der Waals surface area contributed by atoms with Crippen molar-refractivity contribution in [3.05, 3.63) is 47.6 Å². The molecular formula is C57H89NO16. The molecule has 1 saturated carbocycles. The first kappa shape index (κ1) is 62.6. The number of hydrogen-bond acceptors (Lipinski definition) is 16. The lowest BCUT2D eigenvalue weighted by Gasteiger charge is -2.42. The molecule has 0 radical (unpaired) electrons. The van der Waals surface area contributed by atoms with Crippen LogP contribution in [0.4, 0.5) is 0 Å². The van der Waals surface area contributed by atoms with Gasteiger partial charge in [-0.3, -0.25) is 24.0 Å². The van der Waals surface area contributed by atoms with Gasteiger partial charge in [-0.05, 0) is 113 Å². The minimum atomic E-state index is -2.47. The quantitative estimate of drug-likeness (QED) is 0.112. The van der Waals surface area contributed by atoms with Gasteiger partial charge < -0.3 is 53.7 Å². The fourth-order valence-electron chi connectivity index (χ4n) is 10.8. The third-order valence-corrected chi connectivity index (χ3v) is 16.7. The van der Waals surface area contributed by atoms with Crippen molar-refractivity contribution in [2.75, 3.05) is 41.1 Å². The number of allylic oxidation sites excluding steroid dienone is 6. The summed E-state index contributed by atoms with van der Waals surface area (Å²) in [6, 6.07) is -1.20. The van der Waals surface area contributed by atoms with Crippen LogP contribution in [0.1, 0.15) is 133 Å². The number of amides is 1. The number of hydrogen-bond donors (Lipinski definition) is 4. The van der Waals surface area contributed by atoms with Crippen LogP contribution in [-0.2, 0) is 57.2 Å². The highest BCUT2D eigenvalue weighted by Gasteiger charge is 2.53. The molecule has 17 nitrogen and oxygen atoms in total. The Labute approximate surface area is 439 Å². The van der Waals surface area contributed by atoms with Gasteiger partial charge in [0.2, 0.25) is 5.79 Å². The molecule has 3 aliphatic heterocycles. The van der Waals surface area contributed by atoms with E-state index in [4.69, 9.17) is 28.4 Å². The molecule has 4 aliphatic rings. The Bertz CT molecular complexity index is 2040. The molecule has 2 saturated heterocycles. The Hall–Kier alpha value is -3.94. The van der Waals surface area contributed by atoms with Crippen molar-refractivity contribution in [2.24, 2.45) is 46.8 Å². The standard InChI is InChI=1S/C57H89NO16/c1-33-18-14-13-15-19-34(2)46(69-10)29-42-23-21-38(6)57(68,74-42)52(64)53(65)58-25-17-16-20-43(58)54(66)72-47(30-44(61)35(3)26-37(5)49(62)51(71-12)50(63)40(8)39(33)7)36(4)27-41-22-24-45(48(28-41)70-11)73-55(67)56(9,31-59)32-60/h13-15,18-19,26,33,35-36,38-43,45-49,51,59-60,62,68H,16-17,20-25,27-32H2,1-12H3/b15-13?,18-14+,34-19?,37-26+. The molecule has 3 heterocycles. The SMILES string of the molecule is COC1CC2CCC(C)C(O)(O2)C(=O)C(=O)N2CCCCC2C(=O)OC(C(C)CC2CCC(OC(=O)C(C)(CO)CO)C(OC)C2)CC(=O)C(C)/C=C(\C)C(O)C(OC)C(=O)C(C)C(C)C(C)/C=C/C=CC=C1C. The number of esters is 2. The molecule has 1 amide bonds. The Kier molecular flexibility index (Phi) is 24.1. The van der Waals surface area contributed by atoms with Crippen molar-refractivity contribution >= 4 is 35.2 Å². The first-order valence-electron chi connectivity index (χ1n) is 26.8. The van der Waals surface area contributed by atoms with Gasteiger partial charge in [-0.15, -0.1) is 0 Å². The van der Waals surface area contributed by atoms with Crippen molar-refractivity contribution in [1.29, 1.82) is 0 Å². The molecule has 4 N–H and O–H groups in total. The van der Waals surface area contributed by atoms with Crippen LogP contribution in [0.5, 0.6) is 0 Å². The van der Waals surface area contributed by atoms with Crippen LogP contribution >= 0.6 is 0 Å². The van der Waals surface area contributed by atoms with Crippen LogP contribution in [-0.4, -0.2) is 156 Å². The second kappa shape index (κ2) is 28.4. The summed E-state index contributed by atoms with van der Waals surface area (Å²) >= 11 is 0. The third-order valence-electron chi connectivity index (χ3n) is 16.7. The molecule has 17 heteroatoms. The zero-order chi connectivity index (χ0) is 55.2. The maximum atomic E-state index is 14.6. The summed E-state index contributed by atoms with van der Waals surface area (Å²) < 4.78 is 35.5. The number of fused-ring (bicyclic) bond motifs is 3. The van der Waals surface area contributed by atoms with Crippen LogP contribution in [0.3, 0.4) is 0 Å². The van der Waals surface area contributed by atoms with Gasteiger partial charge in [0.25, 0.3) is 11.7 Å². The Morgan fingerprint density at radius 3 is 2.19 bits per heavy atom. The zero-order valence-corrected chi connectivity index (χ0v) is 46.2. The molecule has 0 aromatic carbocycles. The fourth-order valence-corrected chi connectivity index (χ4v) is 10.8. The van der Waals surface area contributed by atoms with Crippen LogP contribution in [0.15, 0.2) is 47.6 Å². The number of carbonyl (C=O) groups excluding carboxylic acids is 6. The second-order valence-electron chi connectivity index (χ2n) is 22.2. The molecule has 4 rings (SSSR count). The van der Waals surface area contributed by atoms with Crippen LogP contribution < -0.4 is 0 Å². The number of nitrogens with zero attached hydrogens (tertiary/aromatic N) is 1. The highest BCUT2D eigenvalue weighted by Crippen LogP contribution is 2.39. The first-order valence-corrected chi connectivity index (χ1v) is 26.8. The lowest BCUT2D eigenvalue weighted by molar-refractivity contribution is -0.265. The molecule has 16 unspecified atom stereocenters. The lowest BCUT2D eigenvalue weighted by atomic mass is 9.78. The number of Topliss-reactive ketones (excluding diaryl/α,β-unsaturated/α-hetero) is 3. The Morgan fingerprint density at radius 1 is 0.865 bits per heavy atom. The number of aliphatic hydroxyl groups excluding tert-OH is 3. The largest absolute Gasteiger partial charge is 0.460 e. The summed E-state index contributed by atoms with van der Waals surface area (Å²) in [6.45, 7) is 14.8. The number of rotatable bonds is 10. The van der Waals surface area contributed by atoms with E-state index >= 15 is 0 Å². The molecule has 16 atom stereocenters. The number of ether oxygens (including phenoxy) is 6. The van der Waals surface area contributed by atoms with Gasteiger partial charge in [0, 0.05) is 58.5 Å². The maximum absolute atomic E-state index is 14.6. The molecule has 2 bridgehead atoms. The van der Waals surface area contributed by atoms with E-state index in [-0.39, 0.29) is 55.1 Å². The second-order valence-corrected chi connectivity index (χ2v) is 22.2. The van der Waals surface area contributed by atoms with E-state index in [0.717, 1.165) is 10.5 Å². The molecule has 1 aliphatic carbocycles. The smallest absolute Gasteiger partial charge is 0.329 e. The van der Waals surface area contributed by atoms with E-state index in [1.54, 1.807) is 34.0 Å². The zero-order valence-electron chi connectivity index (χ0n) is 46.2. The van der Waals surface area contributed by atoms with E-state index in [9.17, 15) is 49.2 Å². The van der Waals surface area contributed by atoms with E-state index < -0.39 is 120 Å². The fraction of sp³-hybridized carbons (Fsp3) is 0.754. The highest BCUT2D eigenvalue weighted by molar-refractivity contribution is 6.39. The van der Waals surface area contributed by atoms with E-state index in [1.807, 2.05) is 65.0 Å². The summed E-state index contributed by atoms with van der Waals surface area (Å²) in [5, 5.41) is 43.2. The Balaban J connectivity index is 1.71. The summed E-state index contributed by atoms with van der Waals surface area (Å²) in [7, 11) is 4.44. The van der Waals surface area contributed by atoms with Crippen molar-refractivity contribution < 1.29 is 77.6 Å². The number of piperidine rings is 1. The molecule has 0 spiro atoms. The van der Waals surface area contributed by atoms with Crippen LogP contribution in [0.25, 0.3) is 0 Å². The van der Waals surface area contributed by atoms with Gasteiger partial charge >= 0.3 is 11.9 Å². The predicted octanol–water partition coefficient (Wildman–Crippen LogP) is 5.97. The van der Waals surface area contributed by atoms with E-state index in [1.165, 1.54) is 21.1 Å². The van der Waals surface area contributed by atoms with Gasteiger partial charge in [-0.2, -0.15) is 0 Å². The third kappa shape index (κ3) is 15.6. The highest BCUT2D eigenvalue weighted by atomic mass is 16.6. The molecular weight excluding hydrogens is 955 g/mol. The minimum absolute atomic E-state index is 0.0394. The lowest BCUT2D eigenvalue weighted by Crippen LogP contribution is -2.61. The molecule has 3 fully saturated rings. The number of aliphatic hydroxyl groups is 4. The normalized spacial score (nSPS) is 37.0. The molecule has 418 valence electrons. The summed E-state index contributed by atoms with van der Waals surface area (Å²) in [4.78, 5) is 85.7. The maximum Gasteiger partial charge on any atom is 0.329 e. The van der Waals surface area contributed by atoms with Gasteiger partial charge in [0.15, 0.2) is 5.78 Å². The number of methoxy groups -OCH3 is 3. The number of ketones is 3. The van der Waals surface area contributed by atoms with Crippen molar-refractivity contribution in [1.82, 2.24) is 4.90 Å². The molecule has 0 aromatic heterocycles. The average Bonchev–Trinajstić information content (AvgIpc) is 3.39. The van der Waals surface area contributed by atoms with Gasteiger partial charge in [0.05, 0.1) is 31.5 Å². The Morgan fingerprint density at radius 2 is 1.55 bits per heavy atom. The minimum Gasteiger partial charge on any atom is -0.460 e. The molecule has 74 heavy (non-hydrogen) atoms. The van der Waals surface area contributed by atoms with E-state index in [2.05, 4.69) is 0 Å². The first-order chi connectivity index (χ1) is 34.9. The van der Waals surface area contributed by atoms with Crippen molar-refractivity contribution in [3.63, 3.8) is 0 Å². The van der Waals surface area contributed by atoms with Gasteiger partial charge in [-0.1, -0.05) is 78.0 Å².